The summed E-state index contributed by atoms with van der Waals surface area (Å²) in [4.78, 5) is 2.54. The molecule has 0 radical (unpaired) electrons. The van der Waals surface area contributed by atoms with Crippen molar-refractivity contribution in [3.8, 4) is 0 Å². The van der Waals surface area contributed by atoms with Crippen LogP contribution in [0.1, 0.15) is 57.9 Å². The van der Waals surface area contributed by atoms with Crippen molar-refractivity contribution < 1.29 is 13.5 Å². The van der Waals surface area contributed by atoms with E-state index in [-0.39, 0.29) is 5.60 Å². The zero-order valence-corrected chi connectivity index (χ0v) is 14.3. The van der Waals surface area contributed by atoms with Crippen molar-refractivity contribution in [3.05, 3.63) is 35.4 Å². The quantitative estimate of drug-likeness (QED) is 0.812. The normalized spacial score (nSPS) is 27.0. The van der Waals surface area contributed by atoms with E-state index in [2.05, 4.69) is 25.7 Å². The predicted octanol–water partition coefficient (Wildman–Crippen LogP) is 4.49. The Hall–Kier alpha value is -1.00. The molecule has 128 valence electrons. The minimum absolute atomic E-state index is 0.0602. The van der Waals surface area contributed by atoms with E-state index in [4.69, 9.17) is 4.74 Å². The second kappa shape index (κ2) is 6.48. The van der Waals surface area contributed by atoms with E-state index in [9.17, 15) is 8.78 Å². The monoisotopic (exact) mass is 323 g/mol. The number of halogens is 2. The summed E-state index contributed by atoms with van der Waals surface area (Å²) in [5, 5.41) is 0. The van der Waals surface area contributed by atoms with Gasteiger partial charge in [-0.05, 0) is 83.2 Å². The lowest BCUT2D eigenvalue weighted by molar-refractivity contribution is -0.122. The molecule has 4 heteroatoms. The summed E-state index contributed by atoms with van der Waals surface area (Å²) in [7, 11) is 0. The first-order valence-corrected chi connectivity index (χ1v) is 8.68. The van der Waals surface area contributed by atoms with E-state index in [0.717, 1.165) is 44.3 Å². The topological polar surface area (TPSA) is 12.5 Å². The van der Waals surface area contributed by atoms with Crippen LogP contribution in [-0.4, -0.2) is 35.7 Å². The molecule has 0 atom stereocenters. The van der Waals surface area contributed by atoms with Gasteiger partial charge in [-0.3, -0.25) is 0 Å². The summed E-state index contributed by atoms with van der Waals surface area (Å²) in [6.45, 7) is 8.39. The zero-order chi connectivity index (χ0) is 16.6. The van der Waals surface area contributed by atoms with E-state index in [1.807, 2.05) is 0 Å². The molecule has 3 rings (SSSR count). The van der Waals surface area contributed by atoms with Crippen molar-refractivity contribution in [2.24, 2.45) is 0 Å². The van der Waals surface area contributed by atoms with Gasteiger partial charge in [0.2, 0.25) is 0 Å². The molecule has 1 saturated heterocycles. The number of hydrogen-bond donors (Lipinski definition) is 0. The van der Waals surface area contributed by atoms with Crippen LogP contribution in [-0.2, 0) is 4.74 Å². The molecule has 2 fully saturated rings. The van der Waals surface area contributed by atoms with Crippen LogP contribution in [0.2, 0.25) is 0 Å². The number of piperidine rings is 1. The molecule has 0 aromatic heterocycles. The summed E-state index contributed by atoms with van der Waals surface area (Å²) in [6.07, 6.45) is 4.67. The molecule has 0 amide bonds. The molecule has 0 unspecified atom stereocenters. The maximum Gasteiger partial charge on any atom is 0.159 e. The van der Waals surface area contributed by atoms with Crippen LogP contribution in [0.5, 0.6) is 0 Å². The molecule has 1 aliphatic heterocycles. The van der Waals surface area contributed by atoms with Crippen LogP contribution >= 0.6 is 0 Å². The van der Waals surface area contributed by atoms with Gasteiger partial charge in [0, 0.05) is 6.04 Å². The first-order valence-electron chi connectivity index (χ1n) is 8.68. The van der Waals surface area contributed by atoms with Crippen LogP contribution in [0.25, 0.3) is 0 Å². The lowest BCUT2D eigenvalue weighted by Crippen LogP contribution is -2.52. The van der Waals surface area contributed by atoms with Gasteiger partial charge in [0.1, 0.15) is 0 Å². The molecular weight excluding hydrogens is 296 g/mol. The lowest BCUT2D eigenvalue weighted by atomic mass is 9.83. The number of benzene rings is 1. The van der Waals surface area contributed by atoms with Gasteiger partial charge in [-0.25, -0.2) is 8.78 Å². The van der Waals surface area contributed by atoms with Crippen LogP contribution < -0.4 is 0 Å². The molecule has 2 aliphatic rings. The average Bonchev–Trinajstić information content (AvgIpc) is 2.45. The third kappa shape index (κ3) is 4.10. The van der Waals surface area contributed by atoms with Crippen molar-refractivity contribution >= 4 is 0 Å². The van der Waals surface area contributed by atoms with Crippen LogP contribution in [0.3, 0.4) is 0 Å². The molecule has 23 heavy (non-hydrogen) atoms. The maximum absolute atomic E-state index is 13.4. The SMILES string of the molecule is CC(C)(C)OC1CC(N2CCC(c3ccc(F)c(F)c3)CC2)C1. The Morgan fingerprint density at radius 3 is 2.26 bits per heavy atom. The highest BCUT2D eigenvalue weighted by atomic mass is 19.2. The molecule has 0 N–H and O–H groups in total. The Labute approximate surface area is 137 Å². The Kier molecular flexibility index (Phi) is 4.75. The summed E-state index contributed by atoms with van der Waals surface area (Å²) >= 11 is 0. The minimum atomic E-state index is -0.759. The first kappa shape index (κ1) is 16.8. The fourth-order valence-electron chi connectivity index (χ4n) is 3.80. The highest BCUT2D eigenvalue weighted by Crippen LogP contribution is 2.36. The Bertz CT molecular complexity index is 541. The van der Waals surface area contributed by atoms with Crippen LogP contribution in [0.4, 0.5) is 8.78 Å². The van der Waals surface area contributed by atoms with Gasteiger partial charge in [-0.2, -0.15) is 0 Å². The van der Waals surface area contributed by atoms with Crippen molar-refractivity contribution in [1.82, 2.24) is 4.90 Å². The maximum atomic E-state index is 13.4. The second-order valence-corrected chi connectivity index (χ2v) is 7.96. The van der Waals surface area contributed by atoms with Crippen molar-refractivity contribution in [2.75, 3.05) is 13.1 Å². The van der Waals surface area contributed by atoms with E-state index in [1.54, 1.807) is 6.07 Å². The summed E-state index contributed by atoms with van der Waals surface area (Å²) in [5.74, 6) is -1.14. The van der Waals surface area contributed by atoms with Crippen molar-refractivity contribution in [1.29, 1.82) is 0 Å². The third-order valence-corrected chi connectivity index (χ3v) is 5.05. The molecule has 1 aromatic rings. The van der Waals surface area contributed by atoms with E-state index < -0.39 is 11.6 Å². The van der Waals surface area contributed by atoms with Gasteiger partial charge >= 0.3 is 0 Å². The number of nitrogens with zero attached hydrogens (tertiary/aromatic N) is 1. The fraction of sp³-hybridized carbons (Fsp3) is 0.684. The van der Waals surface area contributed by atoms with Gasteiger partial charge < -0.3 is 9.64 Å². The van der Waals surface area contributed by atoms with Crippen LogP contribution in [0.15, 0.2) is 18.2 Å². The molecule has 1 saturated carbocycles. The number of ether oxygens (including phenoxy) is 1. The van der Waals surface area contributed by atoms with Gasteiger partial charge in [0.25, 0.3) is 0 Å². The zero-order valence-electron chi connectivity index (χ0n) is 14.3. The Morgan fingerprint density at radius 1 is 1.04 bits per heavy atom. The second-order valence-electron chi connectivity index (χ2n) is 7.96. The molecule has 2 nitrogen and oxygen atoms in total. The van der Waals surface area contributed by atoms with Gasteiger partial charge in [-0.1, -0.05) is 6.07 Å². The van der Waals surface area contributed by atoms with E-state index in [1.165, 1.54) is 12.1 Å². The van der Waals surface area contributed by atoms with Crippen molar-refractivity contribution in [2.45, 2.75) is 70.1 Å². The summed E-state index contributed by atoms with van der Waals surface area (Å²) < 4.78 is 32.4. The van der Waals surface area contributed by atoms with Crippen LogP contribution in [0, 0.1) is 11.6 Å². The van der Waals surface area contributed by atoms with Gasteiger partial charge in [0.05, 0.1) is 11.7 Å². The minimum Gasteiger partial charge on any atom is -0.373 e. The Morgan fingerprint density at radius 2 is 1.70 bits per heavy atom. The van der Waals surface area contributed by atoms with Gasteiger partial charge in [-0.15, -0.1) is 0 Å². The summed E-state index contributed by atoms with van der Waals surface area (Å²) in [5.41, 5.74) is 0.876. The molecule has 1 heterocycles. The molecule has 1 aromatic carbocycles. The highest BCUT2D eigenvalue weighted by molar-refractivity contribution is 5.22. The molecule has 0 bridgehead atoms. The average molecular weight is 323 g/mol. The number of hydrogen-bond acceptors (Lipinski definition) is 2. The van der Waals surface area contributed by atoms with E-state index in [0.29, 0.717) is 18.1 Å². The molecular formula is C19H27F2NO. The number of rotatable bonds is 3. The van der Waals surface area contributed by atoms with E-state index >= 15 is 0 Å². The largest absolute Gasteiger partial charge is 0.373 e. The van der Waals surface area contributed by atoms with Gasteiger partial charge in [0.15, 0.2) is 11.6 Å². The molecule has 0 spiro atoms. The Balaban J connectivity index is 1.47. The molecule has 1 aliphatic carbocycles. The first-order chi connectivity index (χ1) is 10.8. The predicted molar refractivity (Wildman–Crippen MR) is 87.6 cm³/mol. The summed E-state index contributed by atoms with van der Waals surface area (Å²) in [6, 6.07) is 4.98. The standard InChI is InChI=1S/C19H27F2NO/c1-19(2,3)23-16-11-15(12-16)22-8-6-13(7-9-22)14-4-5-17(20)18(21)10-14/h4-5,10,13,15-16H,6-9,11-12H2,1-3H3. The smallest absolute Gasteiger partial charge is 0.159 e. The van der Waals surface area contributed by atoms with Crippen molar-refractivity contribution in [3.63, 3.8) is 0 Å². The number of likely N-dealkylation sites (tertiary alicyclic amines) is 1. The highest BCUT2D eigenvalue weighted by Gasteiger charge is 2.37. The fourth-order valence-corrected chi connectivity index (χ4v) is 3.80. The lowest BCUT2D eigenvalue weighted by Gasteiger charge is -2.47. The third-order valence-electron chi connectivity index (χ3n) is 5.05.